The molecule has 2 aliphatic rings. The van der Waals surface area contributed by atoms with Crippen molar-refractivity contribution in [3.05, 3.63) is 58.8 Å². The van der Waals surface area contributed by atoms with Crippen molar-refractivity contribution in [2.24, 2.45) is 5.92 Å². The number of nitrogens with zero attached hydrogens (tertiary/aromatic N) is 3. The van der Waals surface area contributed by atoms with Crippen LogP contribution in [-0.2, 0) is 0 Å². The van der Waals surface area contributed by atoms with E-state index in [2.05, 4.69) is 27.0 Å². The molecule has 2 aromatic heterocycles. The molecule has 1 N–H and O–H groups in total. The molecule has 0 spiro atoms. The fourth-order valence-corrected chi connectivity index (χ4v) is 3.96. The van der Waals surface area contributed by atoms with E-state index in [0.29, 0.717) is 11.7 Å². The SMILES string of the molecule is O=c1cc([C@@H]2CCN(C[C@H]3CC=CCC3)C2)nc(-c2ccncc2)[nH]1. The standard InChI is InChI=1S/C20H24N4O/c25-19-12-18(22-20(23-19)16-6-9-21-10-7-16)17-8-11-24(14-17)13-15-4-2-1-3-5-15/h1-2,6-7,9-10,12,15,17H,3-5,8,11,13-14H2,(H,22,23,25)/t15-,17+/m0/s1. The molecule has 0 bridgehead atoms. The highest BCUT2D eigenvalue weighted by molar-refractivity contribution is 5.53. The largest absolute Gasteiger partial charge is 0.307 e. The maximum absolute atomic E-state index is 12.1. The third kappa shape index (κ3) is 3.87. The molecule has 0 radical (unpaired) electrons. The van der Waals surface area contributed by atoms with Crippen molar-refractivity contribution in [1.29, 1.82) is 0 Å². The average molecular weight is 336 g/mol. The molecule has 0 aromatic carbocycles. The summed E-state index contributed by atoms with van der Waals surface area (Å²) in [4.78, 5) is 26.3. The summed E-state index contributed by atoms with van der Waals surface area (Å²) in [5.41, 5.74) is 1.74. The van der Waals surface area contributed by atoms with Crippen LogP contribution >= 0.6 is 0 Å². The highest BCUT2D eigenvalue weighted by Crippen LogP contribution is 2.28. The van der Waals surface area contributed by atoms with Gasteiger partial charge in [-0.05, 0) is 50.3 Å². The third-order valence-corrected chi connectivity index (χ3v) is 5.30. The van der Waals surface area contributed by atoms with E-state index in [1.54, 1.807) is 18.5 Å². The van der Waals surface area contributed by atoms with Gasteiger partial charge in [-0.15, -0.1) is 0 Å². The minimum Gasteiger partial charge on any atom is -0.307 e. The van der Waals surface area contributed by atoms with Gasteiger partial charge in [-0.3, -0.25) is 9.78 Å². The van der Waals surface area contributed by atoms with Gasteiger partial charge in [0.15, 0.2) is 0 Å². The zero-order valence-electron chi connectivity index (χ0n) is 14.4. The molecule has 0 amide bonds. The van der Waals surface area contributed by atoms with Gasteiger partial charge in [0.25, 0.3) is 5.56 Å². The first-order chi connectivity index (χ1) is 12.3. The fraction of sp³-hybridized carbons (Fsp3) is 0.450. The molecule has 2 aromatic rings. The summed E-state index contributed by atoms with van der Waals surface area (Å²) >= 11 is 0. The zero-order valence-corrected chi connectivity index (χ0v) is 14.4. The summed E-state index contributed by atoms with van der Waals surface area (Å²) in [6.07, 6.45) is 12.9. The second kappa shape index (κ2) is 7.31. The van der Waals surface area contributed by atoms with Crippen molar-refractivity contribution < 1.29 is 0 Å². The predicted octanol–water partition coefficient (Wildman–Crippen LogP) is 2.98. The molecule has 0 unspecified atom stereocenters. The van der Waals surface area contributed by atoms with Crippen LogP contribution in [-0.4, -0.2) is 39.5 Å². The molecule has 3 heterocycles. The van der Waals surface area contributed by atoms with Gasteiger partial charge >= 0.3 is 0 Å². The van der Waals surface area contributed by atoms with Crippen molar-refractivity contribution in [2.45, 2.75) is 31.6 Å². The van der Waals surface area contributed by atoms with Crippen LogP contribution in [0.2, 0.25) is 0 Å². The van der Waals surface area contributed by atoms with Crippen LogP contribution in [0.3, 0.4) is 0 Å². The Morgan fingerprint density at radius 1 is 1.20 bits per heavy atom. The topological polar surface area (TPSA) is 61.9 Å². The molecule has 130 valence electrons. The molecular formula is C20H24N4O. The highest BCUT2D eigenvalue weighted by Gasteiger charge is 2.27. The molecular weight excluding hydrogens is 312 g/mol. The lowest BCUT2D eigenvalue weighted by Gasteiger charge is -2.24. The number of hydrogen-bond acceptors (Lipinski definition) is 4. The molecule has 0 saturated carbocycles. The van der Waals surface area contributed by atoms with Crippen molar-refractivity contribution >= 4 is 0 Å². The van der Waals surface area contributed by atoms with E-state index < -0.39 is 0 Å². The van der Waals surface area contributed by atoms with Crippen LogP contribution < -0.4 is 5.56 Å². The molecule has 5 nitrogen and oxygen atoms in total. The average Bonchev–Trinajstić information content (AvgIpc) is 3.11. The number of H-pyrrole nitrogens is 1. The molecule has 1 aliphatic carbocycles. The Bertz CT molecular complexity index is 799. The fourth-order valence-electron chi connectivity index (χ4n) is 3.96. The van der Waals surface area contributed by atoms with E-state index in [1.807, 2.05) is 12.1 Å². The molecule has 1 aliphatic heterocycles. The lowest BCUT2D eigenvalue weighted by molar-refractivity contribution is 0.263. The molecule has 5 heteroatoms. The number of aromatic amines is 1. The second-order valence-electron chi connectivity index (χ2n) is 7.15. The monoisotopic (exact) mass is 336 g/mol. The van der Waals surface area contributed by atoms with Gasteiger partial charge in [0.1, 0.15) is 5.82 Å². The number of pyridine rings is 1. The Morgan fingerprint density at radius 3 is 2.88 bits per heavy atom. The Morgan fingerprint density at radius 2 is 2.08 bits per heavy atom. The molecule has 2 atom stereocenters. The normalized spacial score (nSPS) is 23.8. The van der Waals surface area contributed by atoms with Gasteiger partial charge in [0.05, 0.1) is 5.69 Å². The number of allylic oxidation sites excluding steroid dienone is 2. The van der Waals surface area contributed by atoms with Crippen LogP contribution in [0.1, 0.15) is 37.3 Å². The van der Waals surface area contributed by atoms with Crippen molar-refractivity contribution in [1.82, 2.24) is 19.9 Å². The lowest BCUT2D eigenvalue weighted by Crippen LogP contribution is -2.28. The van der Waals surface area contributed by atoms with E-state index >= 15 is 0 Å². The Labute approximate surface area is 147 Å². The molecule has 1 fully saturated rings. The van der Waals surface area contributed by atoms with Gasteiger partial charge in [0.2, 0.25) is 0 Å². The maximum Gasteiger partial charge on any atom is 0.251 e. The van der Waals surface area contributed by atoms with E-state index in [0.717, 1.165) is 36.7 Å². The van der Waals surface area contributed by atoms with E-state index in [-0.39, 0.29) is 5.56 Å². The lowest BCUT2D eigenvalue weighted by atomic mass is 9.94. The molecule has 1 saturated heterocycles. The smallest absolute Gasteiger partial charge is 0.251 e. The Kier molecular flexibility index (Phi) is 4.74. The van der Waals surface area contributed by atoms with Crippen LogP contribution in [0.15, 0.2) is 47.5 Å². The maximum atomic E-state index is 12.1. The minimum atomic E-state index is -0.0762. The molecule has 4 rings (SSSR count). The Balaban J connectivity index is 1.48. The van der Waals surface area contributed by atoms with Crippen LogP contribution in [0.4, 0.5) is 0 Å². The van der Waals surface area contributed by atoms with Crippen LogP contribution in [0.5, 0.6) is 0 Å². The van der Waals surface area contributed by atoms with Crippen molar-refractivity contribution in [2.75, 3.05) is 19.6 Å². The first-order valence-corrected chi connectivity index (χ1v) is 9.17. The van der Waals surface area contributed by atoms with Gasteiger partial charge in [0, 0.05) is 43.0 Å². The summed E-state index contributed by atoms with van der Waals surface area (Å²) in [5, 5.41) is 0. The third-order valence-electron chi connectivity index (χ3n) is 5.30. The van der Waals surface area contributed by atoms with Gasteiger partial charge in [-0.1, -0.05) is 12.2 Å². The van der Waals surface area contributed by atoms with E-state index in [1.165, 1.54) is 25.8 Å². The zero-order chi connectivity index (χ0) is 17.1. The number of nitrogens with one attached hydrogen (secondary N) is 1. The quantitative estimate of drug-likeness (QED) is 0.872. The number of hydrogen-bond donors (Lipinski definition) is 1. The summed E-state index contributed by atoms with van der Waals surface area (Å²) < 4.78 is 0. The van der Waals surface area contributed by atoms with E-state index in [4.69, 9.17) is 4.98 Å². The first-order valence-electron chi connectivity index (χ1n) is 9.17. The van der Waals surface area contributed by atoms with Crippen LogP contribution in [0.25, 0.3) is 11.4 Å². The summed E-state index contributed by atoms with van der Waals surface area (Å²) in [6.45, 7) is 3.28. The number of likely N-dealkylation sites (tertiary alicyclic amines) is 1. The first kappa shape index (κ1) is 16.2. The van der Waals surface area contributed by atoms with Gasteiger partial charge in [-0.2, -0.15) is 0 Å². The summed E-state index contributed by atoms with van der Waals surface area (Å²) in [5.74, 6) is 1.77. The highest BCUT2D eigenvalue weighted by atomic mass is 16.1. The van der Waals surface area contributed by atoms with Gasteiger partial charge < -0.3 is 9.88 Å². The van der Waals surface area contributed by atoms with Crippen molar-refractivity contribution in [3.63, 3.8) is 0 Å². The minimum absolute atomic E-state index is 0.0762. The van der Waals surface area contributed by atoms with E-state index in [9.17, 15) is 4.79 Å². The Hall–Kier alpha value is -2.27. The molecule has 25 heavy (non-hydrogen) atoms. The van der Waals surface area contributed by atoms with Gasteiger partial charge in [-0.25, -0.2) is 4.98 Å². The summed E-state index contributed by atoms with van der Waals surface area (Å²) in [7, 11) is 0. The second-order valence-corrected chi connectivity index (χ2v) is 7.15. The van der Waals surface area contributed by atoms with Crippen LogP contribution in [0, 0.1) is 5.92 Å². The number of rotatable bonds is 4. The number of aromatic nitrogens is 3. The van der Waals surface area contributed by atoms with Crippen molar-refractivity contribution in [3.8, 4) is 11.4 Å². The predicted molar refractivity (Wildman–Crippen MR) is 98.4 cm³/mol. The summed E-state index contributed by atoms with van der Waals surface area (Å²) in [6, 6.07) is 5.42.